The summed E-state index contributed by atoms with van der Waals surface area (Å²) in [6.07, 6.45) is 1.49. The van der Waals surface area contributed by atoms with Crippen LogP contribution in [0, 0.1) is 0 Å². The van der Waals surface area contributed by atoms with Gasteiger partial charge in [-0.1, -0.05) is 39.8 Å². The number of halogens is 1. The van der Waals surface area contributed by atoms with Crippen molar-refractivity contribution in [3.8, 4) is 11.1 Å². The lowest BCUT2D eigenvalue weighted by molar-refractivity contribution is -0.136. The molecule has 0 fully saturated rings. The first-order valence-corrected chi connectivity index (χ1v) is 8.99. The Bertz CT molecular complexity index is 833. The van der Waals surface area contributed by atoms with Crippen LogP contribution in [0.4, 0.5) is 0 Å². The van der Waals surface area contributed by atoms with Crippen molar-refractivity contribution >= 4 is 55.2 Å². The summed E-state index contributed by atoms with van der Waals surface area (Å²) < 4.78 is 1.01. The largest absolute Gasteiger partial charge is 0.480 e. The number of aliphatic carboxylic acids is 1. The molecule has 1 atom stereocenters. The third kappa shape index (κ3) is 3.02. The van der Waals surface area contributed by atoms with Gasteiger partial charge in [0.2, 0.25) is 0 Å². The molecule has 0 saturated carbocycles. The number of carboxylic acids is 1. The van der Waals surface area contributed by atoms with Gasteiger partial charge in [-0.3, -0.25) is 4.79 Å². The number of thiophene rings is 1. The van der Waals surface area contributed by atoms with Crippen LogP contribution in [0.2, 0.25) is 0 Å². The van der Waals surface area contributed by atoms with E-state index in [-0.39, 0.29) is 0 Å². The number of benzene rings is 1. The summed E-state index contributed by atoms with van der Waals surface area (Å²) in [7, 11) is 0. The molecule has 3 aromatic rings. The Kier molecular flexibility index (Phi) is 4.46. The first-order valence-electron chi connectivity index (χ1n) is 6.44. The third-order valence-electron chi connectivity index (χ3n) is 3.13. The Morgan fingerprint density at radius 3 is 2.73 bits per heavy atom. The van der Waals surface area contributed by atoms with Crippen LogP contribution in [0.3, 0.4) is 0 Å². The number of carbonyl (C=O) groups is 1. The topological polar surface area (TPSA) is 63.1 Å². The van der Waals surface area contributed by atoms with Crippen molar-refractivity contribution < 1.29 is 9.90 Å². The van der Waals surface area contributed by atoms with Crippen molar-refractivity contribution in [2.24, 2.45) is 0 Å². The minimum absolute atomic E-state index is 0.559. The third-order valence-corrected chi connectivity index (χ3v) is 5.63. The highest BCUT2D eigenvalue weighted by Crippen LogP contribution is 2.39. The van der Waals surface area contributed by atoms with Gasteiger partial charge in [0.1, 0.15) is 21.4 Å². The first kappa shape index (κ1) is 15.5. The summed E-state index contributed by atoms with van der Waals surface area (Å²) in [6.45, 7) is 1.66. The van der Waals surface area contributed by atoms with E-state index in [2.05, 4.69) is 25.9 Å². The normalized spacial score (nSPS) is 12.5. The van der Waals surface area contributed by atoms with Gasteiger partial charge in [-0.2, -0.15) is 0 Å². The highest BCUT2D eigenvalue weighted by molar-refractivity contribution is 9.10. The second kappa shape index (κ2) is 6.36. The molecule has 1 unspecified atom stereocenters. The Balaban J connectivity index is 2.12. The highest BCUT2D eigenvalue weighted by Gasteiger charge is 2.19. The van der Waals surface area contributed by atoms with Gasteiger partial charge in [0, 0.05) is 15.4 Å². The van der Waals surface area contributed by atoms with Gasteiger partial charge in [0.25, 0.3) is 0 Å². The fourth-order valence-corrected chi connectivity index (χ4v) is 4.11. The minimum Gasteiger partial charge on any atom is -0.480 e. The molecule has 0 aliphatic rings. The standard InChI is InChI=1S/C15H11BrN2O2S2/c1-8(15(19)20)22-14-12-11(6-21-13(12)17-7-18-14)9-2-4-10(16)5-3-9/h2-8H,1H3,(H,19,20). The van der Waals surface area contributed by atoms with E-state index >= 15 is 0 Å². The number of aromatic nitrogens is 2. The number of hydrogen-bond donors (Lipinski definition) is 1. The molecule has 0 aliphatic carbocycles. The van der Waals surface area contributed by atoms with E-state index in [4.69, 9.17) is 5.11 Å². The van der Waals surface area contributed by atoms with Crippen molar-refractivity contribution in [1.82, 2.24) is 9.97 Å². The second-order valence-corrected chi connectivity index (χ2v) is 7.72. The molecule has 22 heavy (non-hydrogen) atoms. The number of fused-ring (bicyclic) bond motifs is 1. The predicted octanol–water partition coefficient (Wildman–Crippen LogP) is 4.69. The van der Waals surface area contributed by atoms with Crippen molar-refractivity contribution in [3.63, 3.8) is 0 Å². The lowest BCUT2D eigenvalue weighted by atomic mass is 10.1. The number of nitrogens with zero attached hydrogens (tertiary/aromatic N) is 2. The zero-order valence-corrected chi connectivity index (χ0v) is 14.7. The van der Waals surface area contributed by atoms with Gasteiger partial charge in [-0.25, -0.2) is 9.97 Å². The van der Waals surface area contributed by atoms with Crippen molar-refractivity contribution in [2.45, 2.75) is 17.2 Å². The summed E-state index contributed by atoms with van der Waals surface area (Å²) in [6, 6.07) is 8.01. The molecule has 2 heterocycles. The first-order chi connectivity index (χ1) is 10.6. The molecule has 2 aromatic heterocycles. The molecule has 0 radical (unpaired) electrons. The Morgan fingerprint density at radius 1 is 1.32 bits per heavy atom. The average molecular weight is 395 g/mol. The zero-order valence-electron chi connectivity index (χ0n) is 11.5. The molecular weight excluding hydrogens is 384 g/mol. The van der Waals surface area contributed by atoms with Gasteiger partial charge in [-0.05, 0) is 24.6 Å². The number of thioether (sulfide) groups is 1. The van der Waals surface area contributed by atoms with Crippen LogP contribution >= 0.6 is 39.0 Å². The molecule has 0 spiro atoms. The summed E-state index contributed by atoms with van der Waals surface area (Å²) in [5.74, 6) is -0.850. The van der Waals surface area contributed by atoms with E-state index in [0.717, 1.165) is 25.8 Å². The fraction of sp³-hybridized carbons (Fsp3) is 0.133. The lowest BCUT2D eigenvalue weighted by Crippen LogP contribution is -2.11. The average Bonchev–Trinajstić information content (AvgIpc) is 2.93. The summed E-state index contributed by atoms with van der Waals surface area (Å²) in [5, 5.41) is 12.2. The molecule has 0 bridgehead atoms. The number of hydrogen-bond acceptors (Lipinski definition) is 5. The fourth-order valence-electron chi connectivity index (χ4n) is 2.00. The predicted molar refractivity (Wildman–Crippen MR) is 93.5 cm³/mol. The molecular formula is C15H11BrN2O2S2. The number of carboxylic acid groups (broad SMARTS) is 1. The van der Waals surface area contributed by atoms with Crippen LogP contribution in [0.25, 0.3) is 21.3 Å². The van der Waals surface area contributed by atoms with E-state index < -0.39 is 11.2 Å². The molecule has 4 nitrogen and oxygen atoms in total. The van der Waals surface area contributed by atoms with E-state index in [0.29, 0.717) is 5.03 Å². The summed E-state index contributed by atoms with van der Waals surface area (Å²) in [5.41, 5.74) is 2.10. The van der Waals surface area contributed by atoms with Crippen LogP contribution < -0.4 is 0 Å². The van der Waals surface area contributed by atoms with Gasteiger partial charge in [0.05, 0.1) is 5.39 Å². The van der Waals surface area contributed by atoms with Gasteiger partial charge in [0.15, 0.2) is 0 Å². The molecule has 7 heteroatoms. The smallest absolute Gasteiger partial charge is 0.316 e. The van der Waals surface area contributed by atoms with Gasteiger partial charge < -0.3 is 5.11 Å². The van der Waals surface area contributed by atoms with Crippen LogP contribution in [-0.2, 0) is 4.79 Å². The summed E-state index contributed by atoms with van der Waals surface area (Å²) >= 11 is 6.21. The quantitative estimate of drug-likeness (QED) is 0.513. The van der Waals surface area contributed by atoms with E-state index in [9.17, 15) is 4.79 Å². The van der Waals surface area contributed by atoms with Gasteiger partial charge >= 0.3 is 5.97 Å². The molecule has 1 aromatic carbocycles. The van der Waals surface area contributed by atoms with Gasteiger partial charge in [-0.15, -0.1) is 11.3 Å². The SMILES string of the molecule is CC(Sc1ncnc2scc(-c3ccc(Br)cc3)c12)C(=O)O. The minimum atomic E-state index is -0.850. The Morgan fingerprint density at radius 2 is 2.05 bits per heavy atom. The zero-order chi connectivity index (χ0) is 15.7. The highest BCUT2D eigenvalue weighted by atomic mass is 79.9. The van der Waals surface area contributed by atoms with E-state index in [1.807, 2.05) is 29.6 Å². The molecule has 1 N–H and O–H groups in total. The summed E-state index contributed by atoms with van der Waals surface area (Å²) in [4.78, 5) is 20.6. The molecule has 0 aliphatic heterocycles. The van der Waals surface area contributed by atoms with Crippen molar-refractivity contribution in [3.05, 3.63) is 40.4 Å². The number of rotatable bonds is 4. The lowest BCUT2D eigenvalue weighted by Gasteiger charge is -2.08. The molecule has 3 rings (SSSR count). The Labute approximate surface area is 143 Å². The maximum Gasteiger partial charge on any atom is 0.316 e. The van der Waals surface area contributed by atoms with E-state index in [1.165, 1.54) is 29.4 Å². The Hall–Kier alpha value is -1.44. The van der Waals surface area contributed by atoms with Crippen LogP contribution in [0.5, 0.6) is 0 Å². The molecule has 112 valence electrons. The van der Waals surface area contributed by atoms with Crippen LogP contribution in [0.1, 0.15) is 6.92 Å². The van der Waals surface area contributed by atoms with Crippen LogP contribution in [0.15, 0.2) is 45.5 Å². The monoisotopic (exact) mass is 394 g/mol. The molecule has 0 amide bonds. The second-order valence-electron chi connectivity index (χ2n) is 4.61. The maximum atomic E-state index is 11.1. The van der Waals surface area contributed by atoms with Crippen molar-refractivity contribution in [1.29, 1.82) is 0 Å². The van der Waals surface area contributed by atoms with E-state index in [1.54, 1.807) is 6.92 Å². The van der Waals surface area contributed by atoms with Crippen LogP contribution in [-0.4, -0.2) is 26.3 Å². The molecule has 0 saturated heterocycles. The van der Waals surface area contributed by atoms with Crippen molar-refractivity contribution in [2.75, 3.05) is 0 Å². The maximum absolute atomic E-state index is 11.1.